The Hall–Kier alpha value is -0.920. The minimum Gasteiger partial charge on any atom is -0.448 e. The van der Waals surface area contributed by atoms with Crippen molar-refractivity contribution in [1.29, 1.82) is 0 Å². The molecule has 0 amide bonds. The van der Waals surface area contributed by atoms with Crippen LogP contribution in [-0.2, 0) is 22.0 Å². The van der Waals surface area contributed by atoms with Crippen LogP contribution in [0.1, 0.15) is 46.2 Å². The number of aliphatic hydroxyl groups is 1. The lowest BCUT2D eigenvalue weighted by atomic mass is 9.97. The number of nitrogens with zero attached hydrogens (tertiary/aromatic N) is 2. The molecule has 6 nitrogen and oxygen atoms in total. The SMILES string of the molecule is CC(C)N(Cc1coc(C(C)(C)C)n1)S(=O)(=O)CCO. The number of aromatic nitrogens is 1. The van der Waals surface area contributed by atoms with Crippen LogP contribution in [0.5, 0.6) is 0 Å². The quantitative estimate of drug-likeness (QED) is 0.861. The predicted octanol–water partition coefficient (Wildman–Crippen LogP) is 1.50. The molecular formula is C13H24N2O4S. The van der Waals surface area contributed by atoms with E-state index in [4.69, 9.17) is 9.52 Å². The van der Waals surface area contributed by atoms with Crippen LogP contribution < -0.4 is 0 Å². The number of rotatable bonds is 6. The van der Waals surface area contributed by atoms with E-state index in [0.717, 1.165) is 0 Å². The molecule has 1 heterocycles. The molecule has 0 aliphatic heterocycles. The maximum Gasteiger partial charge on any atom is 0.216 e. The van der Waals surface area contributed by atoms with Gasteiger partial charge in [-0.3, -0.25) is 0 Å². The van der Waals surface area contributed by atoms with Gasteiger partial charge in [-0.25, -0.2) is 13.4 Å². The molecule has 20 heavy (non-hydrogen) atoms. The third-order valence-electron chi connectivity index (χ3n) is 2.79. The third kappa shape index (κ3) is 4.29. The fraction of sp³-hybridized carbons (Fsp3) is 0.769. The molecule has 116 valence electrons. The number of hydrogen-bond donors (Lipinski definition) is 1. The van der Waals surface area contributed by atoms with E-state index < -0.39 is 16.6 Å². The zero-order chi connectivity index (χ0) is 15.6. The monoisotopic (exact) mass is 304 g/mol. The van der Waals surface area contributed by atoms with Crippen LogP contribution in [0.3, 0.4) is 0 Å². The third-order valence-corrected chi connectivity index (χ3v) is 4.76. The van der Waals surface area contributed by atoms with E-state index in [0.29, 0.717) is 11.6 Å². The van der Waals surface area contributed by atoms with Crippen molar-refractivity contribution in [2.24, 2.45) is 0 Å². The van der Waals surface area contributed by atoms with Gasteiger partial charge in [0.15, 0.2) is 5.89 Å². The van der Waals surface area contributed by atoms with Crippen LogP contribution in [0, 0.1) is 0 Å². The van der Waals surface area contributed by atoms with E-state index in [1.165, 1.54) is 10.6 Å². The zero-order valence-electron chi connectivity index (χ0n) is 12.8. The van der Waals surface area contributed by atoms with Gasteiger partial charge in [0.05, 0.1) is 24.6 Å². The second-order valence-corrected chi connectivity index (χ2v) is 8.11. The van der Waals surface area contributed by atoms with Crippen LogP contribution in [0.25, 0.3) is 0 Å². The molecule has 0 fully saturated rings. The first-order valence-corrected chi connectivity index (χ1v) is 8.24. The van der Waals surface area contributed by atoms with Gasteiger partial charge in [-0.1, -0.05) is 20.8 Å². The Morgan fingerprint density at radius 2 is 2.00 bits per heavy atom. The Morgan fingerprint density at radius 3 is 2.40 bits per heavy atom. The Bertz CT molecular complexity index is 529. The van der Waals surface area contributed by atoms with Gasteiger partial charge in [0.1, 0.15) is 6.26 Å². The highest BCUT2D eigenvalue weighted by Gasteiger charge is 2.27. The molecule has 0 saturated carbocycles. The molecule has 0 saturated heterocycles. The molecule has 0 spiro atoms. The Balaban J connectivity index is 2.95. The second kappa shape index (κ2) is 6.24. The largest absolute Gasteiger partial charge is 0.448 e. The summed E-state index contributed by atoms with van der Waals surface area (Å²) >= 11 is 0. The van der Waals surface area contributed by atoms with Gasteiger partial charge in [0, 0.05) is 11.5 Å². The molecule has 0 bridgehead atoms. The first-order valence-electron chi connectivity index (χ1n) is 6.63. The van der Waals surface area contributed by atoms with E-state index in [1.807, 2.05) is 20.8 Å². The molecule has 0 aromatic carbocycles. The Labute approximate surface area is 120 Å². The Kier molecular flexibility index (Phi) is 5.34. The highest BCUT2D eigenvalue weighted by Crippen LogP contribution is 2.22. The van der Waals surface area contributed by atoms with Crippen LogP contribution in [-0.4, -0.2) is 41.2 Å². The minimum atomic E-state index is -3.49. The van der Waals surface area contributed by atoms with E-state index in [9.17, 15) is 8.42 Å². The van der Waals surface area contributed by atoms with Crippen molar-refractivity contribution in [2.45, 2.75) is 52.6 Å². The van der Waals surface area contributed by atoms with Crippen molar-refractivity contribution in [1.82, 2.24) is 9.29 Å². The number of hydrogen-bond acceptors (Lipinski definition) is 5. The highest BCUT2D eigenvalue weighted by molar-refractivity contribution is 7.89. The van der Waals surface area contributed by atoms with E-state index in [1.54, 1.807) is 13.8 Å². The molecule has 1 rings (SSSR count). The summed E-state index contributed by atoms with van der Waals surface area (Å²) in [6, 6.07) is -0.207. The molecule has 0 aliphatic carbocycles. The summed E-state index contributed by atoms with van der Waals surface area (Å²) in [7, 11) is -3.49. The van der Waals surface area contributed by atoms with E-state index in [-0.39, 0.29) is 23.8 Å². The Morgan fingerprint density at radius 1 is 1.40 bits per heavy atom. The highest BCUT2D eigenvalue weighted by atomic mass is 32.2. The maximum atomic E-state index is 12.1. The van der Waals surface area contributed by atoms with Gasteiger partial charge in [-0.05, 0) is 13.8 Å². The lowest BCUT2D eigenvalue weighted by molar-refractivity contribution is 0.305. The van der Waals surface area contributed by atoms with Crippen LogP contribution in [0.15, 0.2) is 10.7 Å². The molecule has 1 aromatic heterocycles. The smallest absolute Gasteiger partial charge is 0.216 e. The van der Waals surface area contributed by atoms with Gasteiger partial charge < -0.3 is 9.52 Å². The predicted molar refractivity (Wildman–Crippen MR) is 76.8 cm³/mol. The maximum absolute atomic E-state index is 12.1. The summed E-state index contributed by atoms with van der Waals surface area (Å²) in [4.78, 5) is 4.34. The molecule has 0 radical (unpaired) electrons. The number of sulfonamides is 1. The van der Waals surface area contributed by atoms with E-state index in [2.05, 4.69) is 4.98 Å². The zero-order valence-corrected chi connectivity index (χ0v) is 13.6. The van der Waals surface area contributed by atoms with Crippen molar-refractivity contribution in [2.75, 3.05) is 12.4 Å². The topological polar surface area (TPSA) is 83.6 Å². The molecular weight excluding hydrogens is 280 g/mol. The first-order chi connectivity index (χ1) is 9.08. The molecule has 1 N–H and O–H groups in total. The van der Waals surface area contributed by atoms with Crippen molar-refractivity contribution >= 4 is 10.0 Å². The van der Waals surface area contributed by atoms with Crippen molar-refractivity contribution in [3.63, 3.8) is 0 Å². The van der Waals surface area contributed by atoms with Gasteiger partial charge in [0.2, 0.25) is 10.0 Å². The summed E-state index contributed by atoms with van der Waals surface area (Å²) < 4.78 is 30.9. The number of oxazole rings is 1. The van der Waals surface area contributed by atoms with Crippen LogP contribution in [0.4, 0.5) is 0 Å². The van der Waals surface area contributed by atoms with Crippen LogP contribution in [0.2, 0.25) is 0 Å². The molecule has 0 unspecified atom stereocenters. The molecule has 1 aromatic rings. The van der Waals surface area contributed by atoms with Crippen molar-refractivity contribution in [3.05, 3.63) is 17.8 Å². The molecule has 0 atom stereocenters. The standard InChI is InChI=1S/C13H24N2O4S/c1-10(2)15(20(17,18)7-6-16)8-11-9-19-12(14-11)13(3,4)5/h9-10,16H,6-8H2,1-5H3. The number of aliphatic hydroxyl groups excluding tert-OH is 1. The lowest BCUT2D eigenvalue weighted by Gasteiger charge is -2.24. The second-order valence-electron chi connectivity index (χ2n) is 6.07. The average Bonchev–Trinajstić information content (AvgIpc) is 2.73. The minimum absolute atomic E-state index is 0.152. The van der Waals surface area contributed by atoms with Gasteiger partial charge in [0.25, 0.3) is 0 Å². The summed E-state index contributed by atoms with van der Waals surface area (Å²) in [5, 5.41) is 8.87. The summed E-state index contributed by atoms with van der Waals surface area (Å²) in [6.45, 7) is 9.28. The van der Waals surface area contributed by atoms with Gasteiger partial charge >= 0.3 is 0 Å². The average molecular weight is 304 g/mol. The van der Waals surface area contributed by atoms with Gasteiger partial charge in [-0.15, -0.1) is 0 Å². The summed E-state index contributed by atoms with van der Waals surface area (Å²) in [5.74, 6) is 0.297. The molecule has 7 heteroatoms. The first kappa shape index (κ1) is 17.1. The summed E-state index contributed by atoms with van der Waals surface area (Å²) in [5.41, 5.74) is 0.357. The molecule has 0 aliphatic rings. The van der Waals surface area contributed by atoms with Crippen molar-refractivity contribution in [3.8, 4) is 0 Å². The van der Waals surface area contributed by atoms with Crippen LogP contribution >= 0.6 is 0 Å². The summed E-state index contributed by atoms with van der Waals surface area (Å²) in [6.07, 6.45) is 1.49. The van der Waals surface area contributed by atoms with Gasteiger partial charge in [-0.2, -0.15) is 4.31 Å². The van der Waals surface area contributed by atoms with E-state index >= 15 is 0 Å². The fourth-order valence-electron chi connectivity index (χ4n) is 1.72. The van der Waals surface area contributed by atoms with Crippen molar-refractivity contribution < 1.29 is 17.9 Å². The fourth-order valence-corrected chi connectivity index (χ4v) is 3.16. The normalized spacial score (nSPS) is 13.4. The lowest BCUT2D eigenvalue weighted by Crippen LogP contribution is -2.38.